The van der Waals surface area contributed by atoms with Gasteiger partial charge in [0.05, 0.1) is 11.6 Å². The Balaban J connectivity index is 0.000000487. The van der Waals surface area contributed by atoms with Crippen molar-refractivity contribution in [2.45, 2.75) is 32.6 Å². The summed E-state index contributed by atoms with van der Waals surface area (Å²) in [6.45, 7) is 6.73. The zero-order valence-corrected chi connectivity index (χ0v) is 16.3. The van der Waals surface area contributed by atoms with Gasteiger partial charge in [-0.15, -0.1) is 0 Å². The zero-order chi connectivity index (χ0) is 19.5. The van der Waals surface area contributed by atoms with E-state index in [0.29, 0.717) is 22.4 Å². The van der Waals surface area contributed by atoms with Crippen molar-refractivity contribution in [1.29, 1.82) is 0 Å². The average Bonchev–Trinajstić information content (AvgIpc) is 2.58. The molecule has 0 amide bonds. The molecule has 1 atom stereocenters. The van der Waals surface area contributed by atoms with E-state index in [1.807, 2.05) is 0 Å². The fourth-order valence-corrected chi connectivity index (χ4v) is 3.03. The van der Waals surface area contributed by atoms with Gasteiger partial charge >= 0.3 is 11.9 Å². The van der Waals surface area contributed by atoms with Gasteiger partial charge in [-0.25, -0.2) is 9.59 Å². The summed E-state index contributed by atoms with van der Waals surface area (Å²) in [6.07, 6.45) is 4.95. The highest BCUT2D eigenvalue weighted by atomic mass is 35.5. The molecule has 0 spiro atoms. The summed E-state index contributed by atoms with van der Waals surface area (Å²) < 4.78 is 5.69. The van der Waals surface area contributed by atoms with Crippen LogP contribution in [-0.2, 0) is 9.59 Å². The molecule has 1 aromatic carbocycles. The molecular weight excluding hydrogens is 381 g/mol. The first-order chi connectivity index (χ1) is 12.3. The van der Waals surface area contributed by atoms with Crippen molar-refractivity contribution < 1.29 is 24.5 Å². The van der Waals surface area contributed by atoms with E-state index >= 15 is 0 Å². The molecule has 1 heterocycles. The predicted molar refractivity (Wildman–Crippen MR) is 101 cm³/mol. The zero-order valence-electron chi connectivity index (χ0n) is 14.8. The van der Waals surface area contributed by atoms with Crippen LogP contribution in [-0.4, -0.2) is 53.3 Å². The Morgan fingerprint density at radius 1 is 1.23 bits per heavy atom. The first kappa shape index (κ1) is 22.5. The Bertz CT molecular complexity index is 585. The van der Waals surface area contributed by atoms with E-state index in [0.717, 1.165) is 12.3 Å². The number of rotatable bonds is 6. The van der Waals surface area contributed by atoms with Crippen LogP contribution in [0.2, 0.25) is 10.0 Å². The number of halogens is 2. The second kappa shape index (κ2) is 12.0. The molecule has 146 valence electrons. The molecule has 1 aliphatic heterocycles. The molecule has 0 radical (unpaired) electrons. The molecule has 6 nitrogen and oxygen atoms in total. The van der Waals surface area contributed by atoms with Crippen molar-refractivity contribution in [2.24, 2.45) is 5.92 Å². The van der Waals surface area contributed by atoms with Crippen LogP contribution in [0.15, 0.2) is 18.2 Å². The third-order valence-corrected chi connectivity index (χ3v) is 4.49. The minimum Gasteiger partial charge on any atom is -0.492 e. The molecule has 0 aromatic heterocycles. The topological polar surface area (TPSA) is 87.1 Å². The summed E-state index contributed by atoms with van der Waals surface area (Å²) in [4.78, 5) is 20.8. The van der Waals surface area contributed by atoms with Crippen molar-refractivity contribution in [2.75, 3.05) is 26.2 Å². The van der Waals surface area contributed by atoms with Gasteiger partial charge in [0, 0.05) is 17.6 Å². The quantitative estimate of drug-likeness (QED) is 0.548. The second-order valence-electron chi connectivity index (χ2n) is 6.29. The Morgan fingerprint density at radius 3 is 2.54 bits per heavy atom. The van der Waals surface area contributed by atoms with Crippen LogP contribution in [0.1, 0.15) is 32.6 Å². The summed E-state index contributed by atoms with van der Waals surface area (Å²) in [5.74, 6) is -2.11. The third kappa shape index (κ3) is 9.27. The Kier molecular flexibility index (Phi) is 10.4. The maximum atomic E-state index is 9.10. The van der Waals surface area contributed by atoms with Gasteiger partial charge < -0.3 is 19.8 Å². The lowest BCUT2D eigenvalue weighted by Gasteiger charge is -2.30. The van der Waals surface area contributed by atoms with Gasteiger partial charge in [0.25, 0.3) is 0 Å². The van der Waals surface area contributed by atoms with Crippen LogP contribution in [0.3, 0.4) is 0 Å². The van der Waals surface area contributed by atoms with Crippen molar-refractivity contribution in [3.05, 3.63) is 28.2 Å². The van der Waals surface area contributed by atoms with Crippen LogP contribution < -0.4 is 4.74 Å². The smallest absolute Gasteiger partial charge is 0.414 e. The van der Waals surface area contributed by atoms with Crippen LogP contribution in [0.25, 0.3) is 0 Å². The minimum absolute atomic E-state index is 0.624. The van der Waals surface area contributed by atoms with Crippen LogP contribution in [0.4, 0.5) is 0 Å². The van der Waals surface area contributed by atoms with Crippen molar-refractivity contribution >= 4 is 35.1 Å². The van der Waals surface area contributed by atoms with Gasteiger partial charge in [0.2, 0.25) is 0 Å². The summed E-state index contributed by atoms with van der Waals surface area (Å²) in [5, 5.41) is 16.1. The standard InChI is InChI=1S/C16H23Cl2NO.C2H2O4/c1-13-5-4-9-19(12-13)8-2-3-10-20-16-11-14(17)6-7-15(16)18;3-1(4)2(5)6/h6-7,11,13H,2-5,8-10,12H2,1H3;(H,3,4)(H,5,6). The van der Waals surface area contributed by atoms with Gasteiger partial charge in [-0.1, -0.05) is 30.1 Å². The van der Waals surface area contributed by atoms with Crippen LogP contribution in [0, 0.1) is 5.92 Å². The highest BCUT2D eigenvalue weighted by Gasteiger charge is 2.15. The van der Waals surface area contributed by atoms with Gasteiger partial charge in [-0.2, -0.15) is 0 Å². The number of piperidine rings is 1. The Hall–Kier alpha value is -1.50. The summed E-state index contributed by atoms with van der Waals surface area (Å²) in [6, 6.07) is 5.32. The lowest BCUT2D eigenvalue weighted by Crippen LogP contribution is -2.35. The number of carboxylic acids is 2. The van der Waals surface area contributed by atoms with E-state index in [1.165, 1.54) is 38.9 Å². The molecule has 0 saturated carbocycles. The molecule has 2 N–H and O–H groups in total. The van der Waals surface area contributed by atoms with E-state index in [1.54, 1.807) is 18.2 Å². The number of ether oxygens (including phenoxy) is 1. The fourth-order valence-electron chi connectivity index (χ4n) is 2.70. The molecule has 2 rings (SSSR count). The number of hydrogen-bond acceptors (Lipinski definition) is 4. The van der Waals surface area contributed by atoms with Crippen molar-refractivity contribution in [3.8, 4) is 5.75 Å². The summed E-state index contributed by atoms with van der Waals surface area (Å²) in [7, 11) is 0. The largest absolute Gasteiger partial charge is 0.492 e. The monoisotopic (exact) mass is 405 g/mol. The molecule has 0 bridgehead atoms. The number of likely N-dealkylation sites (tertiary alicyclic amines) is 1. The van der Waals surface area contributed by atoms with E-state index < -0.39 is 11.9 Å². The minimum atomic E-state index is -1.82. The highest BCUT2D eigenvalue weighted by molar-refractivity contribution is 6.34. The Morgan fingerprint density at radius 2 is 1.92 bits per heavy atom. The van der Waals surface area contributed by atoms with E-state index in [4.69, 9.17) is 47.7 Å². The van der Waals surface area contributed by atoms with Crippen LogP contribution in [0.5, 0.6) is 5.75 Å². The van der Waals surface area contributed by atoms with Gasteiger partial charge in [-0.3, -0.25) is 0 Å². The second-order valence-corrected chi connectivity index (χ2v) is 7.13. The molecule has 1 unspecified atom stereocenters. The van der Waals surface area contributed by atoms with Crippen molar-refractivity contribution in [3.63, 3.8) is 0 Å². The number of nitrogens with zero attached hydrogens (tertiary/aromatic N) is 1. The molecule has 1 fully saturated rings. The number of unbranched alkanes of at least 4 members (excludes halogenated alkanes) is 1. The molecular formula is C18H25Cl2NO5. The van der Waals surface area contributed by atoms with E-state index in [9.17, 15) is 0 Å². The lowest BCUT2D eigenvalue weighted by atomic mass is 10.0. The first-order valence-corrected chi connectivity index (χ1v) is 9.31. The van der Waals surface area contributed by atoms with Gasteiger partial charge in [-0.05, 0) is 56.8 Å². The maximum absolute atomic E-state index is 9.10. The normalized spacial score (nSPS) is 17.1. The molecule has 1 aliphatic rings. The number of aliphatic carboxylic acids is 2. The molecule has 8 heteroatoms. The SMILES string of the molecule is CC1CCCN(CCCCOc2cc(Cl)ccc2Cl)C1.O=C(O)C(=O)O. The van der Waals surface area contributed by atoms with E-state index in [2.05, 4.69) is 11.8 Å². The number of benzene rings is 1. The van der Waals surface area contributed by atoms with Crippen LogP contribution >= 0.6 is 23.2 Å². The third-order valence-electron chi connectivity index (χ3n) is 3.94. The molecule has 26 heavy (non-hydrogen) atoms. The van der Waals surface area contributed by atoms with Crippen molar-refractivity contribution in [1.82, 2.24) is 4.90 Å². The molecule has 1 saturated heterocycles. The first-order valence-electron chi connectivity index (χ1n) is 8.56. The fraction of sp³-hybridized carbons (Fsp3) is 0.556. The lowest BCUT2D eigenvalue weighted by molar-refractivity contribution is -0.159. The number of carbonyl (C=O) groups is 2. The Labute approximate surface area is 163 Å². The summed E-state index contributed by atoms with van der Waals surface area (Å²) >= 11 is 12.0. The average molecular weight is 406 g/mol. The predicted octanol–water partition coefficient (Wildman–Crippen LogP) is 4.04. The summed E-state index contributed by atoms with van der Waals surface area (Å²) in [5.41, 5.74) is 0. The van der Waals surface area contributed by atoms with Gasteiger partial charge in [0.1, 0.15) is 5.75 Å². The maximum Gasteiger partial charge on any atom is 0.414 e. The number of carboxylic acid groups (broad SMARTS) is 2. The molecule has 0 aliphatic carbocycles. The molecule has 1 aromatic rings. The highest BCUT2D eigenvalue weighted by Crippen LogP contribution is 2.27. The van der Waals surface area contributed by atoms with E-state index in [-0.39, 0.29) is 0 Å². The van der Waals surface area contributed by atoms with Gasteiger partial charge in [0.15, 0.2) is 0 Å². The number of hydrogen-bond donors (Lipinski definition) is 2.